The van der Waals surface area contributed by atoms with Gasteiger partial charge in [0.2, 0.25) is 0 Å². The molecule has 5 heteroatoms. The number of halogens is 4. The normalized spacial score (nSPS) is 16.3. The molecule has 0 fully saturated rings. The number of hydrogen-bond acceptors (Lipinski definition) is 0. The summed E-state index contributed by atoms with van der Waals surface area (Å²) in [5.41, 5.74) is 4.12. The predicted molar refractivity (Wildman–Crippen MR) is 87.5 cm³/mol. The van der Waals surface area contributed by atoms with Gasteiger partial charge < -0.3 is 0 Å². The molecule has 0 saturated carbocycles. The van der Waals surface area contributed by atoms with Gasteiger partial charge in [-0.3, -0.25) is 0 Å². The third-order valence-corrected chi connectivity index (χ3v) is 8.65. The Balaban J connectivity index is 2.35. The fraction of sp³-hybridized carbons (Fsp3) is 0. The van der Waals surface area contributed by atoms with Crippen molar-refractivity contribution in [1.29, 1.82) is 0 Å². The Labute approximate surface area is 134 Å². The number of benzene rings is 2. The third kappa shape index (κ3) is 2.75. The quantitative estimate of drug-likeness (QED) is 0.488. The van der Waals surface area contributed by atoms with Crippen LogP contribution in [0.5, 0.6) is 0 Å². The van der Waals surface area contributed by atoms with Gasteiger partial charge in [0, 0.05) is 0 Å². The van der Waals surface area contributed by atoms with Gasteiger partial charge in [0.25, 0.3) is 0 Å². The summed E-state index contributed by atoms with van der Waals surface area (Å²) in [6.07, 6.45) is 1.92. The SMILES string of the molecule is [Cl][Ru]([Cl])([Cl])([Cl])=[C]1C=C(c2ccccc2)c2ccccc21. The first-order valence-corrected chi connectivity index (χ1v) is 15.6. The van der Waals surface area contributed by atoms with Crippen molar-refractivity contribution in [2.45, 2.75) is 0 Å². The monoisotopic (exact) mass is 432 g/mol. The Bertz CT molecular complexity index is 761. The van der Waals surface area contributed by atoms with Crippen LogP contribution in [0.3, 0.4) is 0 Å². The van der Waals surface area contributed by atoms with Crippen molar-refractivity contribution in [2.75, 3.05) is 0 Å². The Morgan fingerprint density at radius 3 is 1.80 bits per heavy atom. The van der Waals surface area contributed by atoms with Gasteiger partial charge >= 0.3 is 135 Å². The molecule has 0 nitrogen and oxygen atoms in total. The summed E-state index contributed by atoms with van der Waals surface area (Å²) >= 11 is 0. The first-order valence-electron chi connectivity index (χ1n) is 5.78. The van der Waals surface area contributed by atoms with E-state index >= 15 is 0 Å². The van der Waals surface area contributed by atoms with E-state index in [1.54, 1.807) is 0 Å². The molecule has 2 aromatic rings. The molecule has 2 aromatic carbocycles. The zero-order valence-corrected chi connectivity index (χ0v) is 14.9. The fourth-order valence-corrected chi connectivity index (χ4v) is 6.61. The van der Waals surface area contributed by atoms with E-state index in [-0.39, 0.29) is 0 Å². The Morgan fingerprint density at radius 2 is 1.20 bits per heavy atom. The summed E-state index contributed by atoms with van der Waals surface area (Å²) < 4.78 is 0.656. The van der Waals surface area contributed by atoms with Gasteiger partial charge in [-0.15, -0.1) is 0 Å². The van der Waals surface area contributed by atoms with Crippen molar-refractivity contribution in [3.05, 3.63) is 77.4 Å². The van der Waals surface area contributed by atoms with Crippen LogP contribution in [0.1, 0.15) is 16.7 Å². The van der Waals surface area contributed by atoms with Crippen molar-refractivity contribution in [2.24, 2.45) is 0 Å². The Kier molecular flexibility index (Phi) is 3.64. The van der Waals surface area contributed by atoms with Gasteiger partial charge in [-0.05, 0) is 0 Å². The number of hydrogen-bond donors (Lipinski definition) is 0. The first kappa shape index (κ1) is 14.8. The van der Waals surface area contributed by atoms with E-state index in [1.165, 1.54) is 0 Å². The molecular formula is C15H10Cl4Ru. The van der Waals surface area contributed by atoms with Gasteiger partial charge in [-0.25, -0.2) is 0 Å². The molecule has 0 saturated heterocycles. The van der Waals surface area contributed by atoms with Gasteiger partial charge in [0.1, 0.15) is 0 Å². The first-order chi connectivity index (χ1) is 9.33. The van der Waals surface area contributed by atoms with Crippen molar-refractivity contribution in [3.8, 4) is 0 Å². The van der Waals surface area contributed by atoms with Gasteiger partial charge in [-0.2, -0.15) is 0 Å². The molecule has 20 heavy (non-hydrogen) atoms. The molecule has 0 bridgehead atoms. The fourth-order valence-electron chi connectivity index (χ4n) is 2.28. The third-order valence-electron chi connectivity index (χ3n) is 3.11. The summed E-state index contributed by atoms with van der Waals surface area (Å²) in [5.74, 6) is 0. The van der Waals surface area contributed by atoms with Crippen LogP contribution in [-0.2, 0) is 9.19 Å². The second-order valence-corrected chi connectivity index (χ2v) is 25.6. The van der Waals surface area contributed by atoms with Gasteiger partial charge in [0.15, 0.2) is 0 Å². The molecule has 1 aliphatic rings. The second-order valence-electron chi connectivity index (χ2n) is 4.37. The number of rotatable bonds is 1. The van der Waals surface area contributed by atoms with E-state index in [0.717, 1.165) is 22.3 Å². The average molecular weight is 433 g/mol. The van der Waals surface area contributed by atoms with E-state index in [4.69, 9.17) is 38.8 Å². The van der Waals surface area contributed by atoms with Crippen LogP contribution in [0, 0.1) is 0 Å². The van der Waals surface area contributed by atoms with Crippen molar-refractivity contribution < 1.29 is 9.19 Å². The van der Waals surface area contributed by atoms with Gasteiger partial charge in [-0.1, -0.05) is 0 Å². The Morgan fingerprint density at radius 1 is 0.650 bits per heavy atom. The maximum absolute atomic E-state index is 6.27. The van der Waals surface area contributed by atoms with Crippen LogP contribution in [0.2, 0.25) is 0 Å². The molecular weight excluding hydrogens is 423 g/mol. The van der Waals surface area contributed by atoms with E-state index in [1.807, 2.05) is 60.7 Å². The average Bonchev–Trinajstić information content (AvgIpc) is 2.79. The molecule has 106 valence electrons. The minimum absolute atomic E-state index is 0.656. The van der Waals surface area contributed by atoms with E-state index < -0.39 is 9.19 Å². The number of fused-ring (bicyclic) bond motifs is 1. The molecule has 0 spiro atoms. The molecule has 0 N–H and O–H groups in total. The van der Waals surface area contributed by atoms with E-state index in [9.17, 15) is 0 Å². The molecule has 0 unspecified atom stereocenters. The minimum atomic E-state index is -4.44. The van der Waals surface area contributed by atoms with E-state index in [0.29, 0.717) is 4.11 Å². The van der Waals surface area contributed by atoms with Crippen LogP contribution >= 0.6 is 38.8 Å². The molecule has 3 rings (SSSR count). The summed E-state index contributed by atoms with van der Waals surface area (Å²) in [5, 5.41) is 0. The summed E-state index contributed by atoms with van der Waals surface area (Å²) in [6.45, 7) is 0. The Hall–Kier alpha value is -0.167. The van der Waals surface area contributed by atoms with Crippen molar-refractivity contribution in [3.63, 3.8) is 0 Å². The predicted octanol–water partition coefficient (Wildman–Crippen LogP) is 5.96. The molecule has 0 aliphatic heterocycles. The van der Waals surface area contributed by atoms with Crippen LogP contribution in [-0.4, -0.2) is 4.11 Å². The van der Waals surface area contributed by atoms with Crippen LogP contribution in [0.25, 0.3) is 5.57 Å². The molecule has 0 heterocycles. The van der Waals surface area contributed by atoms with E-state index in [2.05, 4.69) is 0 Å². The van der Waals surface area contributed by atoms with Crippen molar-refractivity contribution in [1.82, 2.24) is 0 Å². The molecule has 0 amide bonds. The number of allylic oxidation sites excluding steroid dienone is 1. The van der Waals surface area contributed by atoms with Crippen LogP contribution < -0.4 is 0 Å². The zero-order valence-electron chi connectivity index (χ0n) is 10.1. The van der Waals surface area contributed by atoms with Crippen LogP contribution in [0.4, 0.5) is 0 Å². The molecule has 0 aromatic heterocycles. The van der Waals surface area contributed by atoms with Gasteiger partial charge in [0.05, 0.1) is 0 Å². The topological polar surface area (TPSA) is 0 Å². The standard InChI is InChI=1S/C15H10.4ClH.Ru/c1-2-6-12(7-3-1)15-11-10-13-8-4-5-9-14(13)15;;;;;/h1-9,11H;4*1H;/q;;;;;+4/p-4. The van der Waals surface area contributed by atoms with Crippen LogP contribution in [0.15, 0.2) is 60.7 Å². The second kappa shape index (κ2) is 4.94. The summed E-state index contributed by atoms with van der Waals surface area (Å²) in [7, 11) is 20.6. The maximum atomic E-state index is 6.27. The molecule has 1 aliphatic carbocycles. The zero-order chi connectivity index (χ0) is 14.4. The summed E-state index contributed by atoms with van der Waals surface area (Å²) in [6, 6.07) is 17.9. The molecule has 0 radical (unpaired) electrons. The summed E-state index contributed by atoms with van der Waals surface area (Å²) in [4.78, 5) is 0. The molecule has 0 atom stereocenters. The van der Waals surface area contributed by atoms with Crippen molar-refractivity contribution >= 4 is 48.4 Å².